The average Bonchev–Trinajstić information content (AvgIpc) is 3.25. The third-order valence-corrected chi connectivity index (χ3v) is 5.45. The van der Waals surface area contributed by atoms with E-state index in [1.165, 1.54) is 0 Å². The summed E-state index contributed by atoms with van der Waals surface area (Å²) in [7, 11) is 1.66. The molecule has 3 heterocycles. The zero-order valence-corrected chi connectivity index (χ0v) is 14.8. The molecule has 1 aromatic rings. The van der Waals surface area contributed by atoms with Gasteiger partial charge in [-0.15, -0.1) is 11.3 Å². The quantitative estimate of drug-likeness (QED) is 0.705. The Kier molecular flexibility index (Phi) is 5.68. The molecule has 0 spiro atoms. The number of aromatic nitrogens is 1. The third kappa shape index (κ3) is 3.87. The highest BCUT2D eigenvalue weighted by Crippen LogP contribution is 2.23. The minimum Gasteiger partial charge on any atom is -0.385 e. The van der Waals surface area contributed by atoms with E-state index in [0.717, 1.165) is 24.6 Å². The number of carbonyl (C=O) groups is 2. The van der Waals surface area contributed by atoms with Crippen LogP contribution in [0.1, 0.15) is 12.8 Å². The minimum absolute atomic E-state index is 0.0888. The number of piperazine rings is 1. The van der Waals surface area contributed by atoms with Crippen LogP contribution in [0.5, 0.6) is 0 Å². The molecular formula is C16H24N4O3S. The van der Waals surface area contributed by atoms with Crippen molar-refractivity contribution in [2.75, 3.05) is 57.9 Å². The van der Waals surface area contributed by atoms with Crippen LogP contribution in [0, 0.1) is 5.92 Å². The van der Waals surface area contributed by atoms with Crippen LogP contribution in [0.2, 0.25) is 0 Å². The first kappa shape index (κ1) is 17.2. The van der Waals surface area contributed by atoms with Gasteiger partial charge in [-0.1, -0.05) is 0 Å². The highest BCUT2D eigenvalue weighted by atomic mass is 32.1. The van der Waals surface area contributed by atoms with E-state index in [4.69, 9.17) is 4.74 Å². The molecule has 7 nitrogen and oxygen atoms in total. The van der Waals surface area contributed by atoms with Crippen LogP contribution in [0.3, 0.4) is 0 Å². The number of ether oxygens (including phenoxy) is 1. The Morgan fingerprint density at radius 1 is 1.38 bits per heavy atom. The standard InChI is InChI=1S/C16H24N4O3S/c1-23-9-2-4-20-12-13(11-14(20)21)15(22)18-5-7-19(8-6-18)16-17-3-10-24-16/h3,10,13H,2,4-9,11-12H2,1H3/t13-/m1/s1. The van der Waals surface area contributed by atoms with Crippen molar-refractivity contribution in [1.82, 2.24) is 14.8 Å². The van der Waals surface area contributed by atoms with E-state index in [9.17, 15) is 9.59 Å². The molecule has 0 unspecified atom stereocenters. The van der Waals surface area contributed by atoms with Gasteiger partial charge < -0.3 is 19.4 Å². The summed E-state index contributed by atoms with van der Waals surface area (Å²) < 4.78 is 5.02. The number of methoxy groups -OCH3 is 1. The summed E-state index contributed by atoms with van der Waals surface area (Å²) in [5.74, 6) is 0.0220. The number of hydrogen-bond acceptors (Lipinski definition) is 6. The normalized spacial score (nSPS) is 21.6. The molecular weight excluding hydrogens is 328 g/mol. The van der Waals surface area contributed by atoms with Crippen molar-refractivity contribution in [3.63, 3.8) is 0 Å². The molecule has 24 heavy (non-hydrogen) atoms. The van der Waals surface area contributed by atoms with E-state index in [2.05, 4.69) is 9.88 Å². The predicted octanol–water partition coefficient (Wildman–Crippen LogP) is 0.677. The second-order valence-electron chi connectivity index (χ2n) is 6.21. The van der Waals surface area contributed by atoms with E-state index in [1.807, 2.05) is 10.3 Å². The van der Waals surface area contributed by atoms with Crippen molar-refractivity contribution in [1.29, 1.82) is 0 Å². The van der Waals surface area contributed by atoms with Crippen LogP contribution in [0.25, 0.3) is 0 Å². The Balaban J connectivity index is 1.48. The summed E-state index contributed by atoms with van der Waals surface area (Å²) in [5, 5.41) is 2.98. The Bertz CT molecular complexity index is 558. The van der Waals surface area contributed by atoms with E-state index in [-0.39, 0.29) is 17.7 Å². The lowest BCUT2D eigenvalue weighted by atomic mass is 10.1. The molecule has 1 aromatic heterocycles. The zero-order chi connectivity index (χ0) is 16.9. The molecule has 3 rings (SSSR count). The van der Waals surface area contributed by atoms with Crippen LogP contribution in [0.15, 0.2) is 11.6 Å². The largest absolute Gasteiger partial charge is 0.385 e. The van der Waals surface area contributed by atoms with E-state index in [0.29, 0.717) is 39.2 Å². The molecule has 2 amide bonds. The maximum atomic E-state index is 12.7. The summed E-state index contributed by atoms with van der Waals surface area (Å²) >= 11 is 1.62. The number of carbonyl (C=O) groups excluding carboxylic acids is 2. The highest BCUT2D eigenvalue weighted by Gasteiger charge is 2.37. The number of rotatable bonds is 6. The topological polar surface area (TPSA) is 66.0 Å². The van der Waals surface area contributed by atoms with Gasteiger partial charge in [-0.3, -0.25) is 9.59 Å². The molecule has 132 valence electrons. The molecule has 1 atom stereocenters. The zero-order valence-electron chi connectivity index (χ0n) is 14.0. The van der Waals surface area contributed by atoms with Gasteiger partial charge >= 0.3 is 0 Å². The van der Waals surface area contributed by atoms with Crippen molar-refractivity contribution < 1.29 is 14.3 Å². The summed E-state index contributed by atoms with van der Waals surface area (Å²) in [6, 6.07) is 0. The Morgan fingerprint density at radius 3 is 2.83 bits per heavy atom. The van der Waals surface area contributed by atoms with Gasteiger partial charge in [0.15, 0.2) is 5.13 Å². The monoisotopic (exact) mass is 352 g/mol. The van der Waals surface area contributed by atoms with Crippen molar-refractivity contribution in [2.45, 2.75) is 12.8 Å². The molecule has 2 saturated heterocycles. The number of amides is 2. The van der Waals surface area contributed by atoms with Crippen LogP contribution >= 0.6 is 11.3 Å². The fourth-order valence-corrected chi connectivity index (χ4v) is 4.00. The van der Waals surface area contributed by atoms with Crippen molar-refractivity contribution in [3.8, 4) is 0 Å². The van der Waals surface area contributed by atoms with Crippen LogP contribution in [-0.4, -0.2) is 79.6 Å². The van der Waals surface area contributed by atoms with E-state index in [1.54, 1.807) is 29.5 Å². The minimum atomic E-state index is -0.188. The highest BCUT2D eigenvalue weighted by molar-refractivity contribution is 7.13. The third-order valence-electron chi connectivity index (χ3n) is 4.62. The second-order valence-corrected chi connectivity index (χ2v) is 7.09. The fraction of sp³-hybridized carbons (Fsp3) is 0.688. The van der Waals surface area contributed by atoms with Crippen molar-refractivity contribution in [3.05, 3.63) is 11.6 Å². The first-order chi connectivity index (χ1) is 11.7. The number of likely N-dealkylation sites (tertiary alicyclic amines) is 1. The van der Waals surface area contributed by atoms with E-state index < -0.39 is 0 Å². The van der Waals surface area contributed by atoms with E-state index >= 15 is 0 Å². The number of hydrogen-bond donors (Lipinski definition) is 0. The Morgan fingerprint density at radius 2 is 2.17 bits per heavy atom. The molecule has 2 aliphatic rings. The molecule has 0 N–H and O–H groups in total. The first-order valence-corrected chi connectivity index (χ1v) is 9.27. The van der Waals surface area contributed by atoms with Gasteiger partial charge in [0, 0.05) is 71.0 Å². The molecule has 0 aromatic carbocycles. The van der Waals surface area contributed by atoms with Gasteiger partial charge in [0.25, 0.3) is 0 Å². The molecule has 0 saturated carbocycles. The van der Waals surface area contributed by atoms with Crippen molar-refractivity contribution >= 4 is 28.3 Å². The number of nitrogens with zero attached hydrogens (tertiary/aromatic N) is 4. The lowest BCUT2D eigenvalue weighted by molar-refractivity contribution is -0.136. The second kappa shape index (κ2) is 7.94. The van der Waals surface area contributed by atoms with Gasteiger partial charge in [-0.25, -0.2) is 4.98 Å². The van der Waals surface area contributed by atoms with Crippen molar-refractivity contribution in [2.24, 2.45) is 5.92 Å². The summed E-state index contributed by atoms with van der Waals surface area (Å²) in [5.41, 5.74) is 0. The molecule has 0 aliphatic carbocycles. The van der Waals surface area contributed by atoms with Gasteiger partial charge in [-0.05, 0) is 6.42 Å². The number of thiazole rings is 1. The lowest BCUT2D eigenvalue weighted by Crippen LogP contribution is -2.50. The van der Waals surface area contributed by atoms with Crippen LogP contribution in [0.4, 0.5) is 5.13 Å². The van der Waals surface area contributed by atoms with Gasteiger partial charge in [0.1, 0.15) is 0 Å². The molecule has 0 bridgehead atoms. The maximum Gasteiger partial charge on any atom is 0.228 e. The predicted molar refractivity (Wildman–Crippen MR) is 92.1 cm³/mol. The summed E-state index contributed by atoms with van der Waals surface area (Å²) in [6.45, 7) is 4.87. The molecule has 0 radical (unpaired) electrons. The SMILES string of the molecule is COCCCN1C[C@H](C(=O)N2CCN(c3nccs3)CC2)CC1=O. The molecule has 8 heteroatoms. The van der Waals surface area contributed by atoms with Gasteiger partial charge in [0.2, 0.25) is 11.8 Å². The fourth-order valence-electron chi connectivity index (χ4n) is 3.30. The first-order valence-electron chi connectivity index (χ1n) is 8.39. The molecule has 2 fully saturated rings. The van der Waals surface area contributed by atoms with Crippen LogP contribution in [-0.2, 0) is 14.3 Å². The maximum absolute atomic E-state index is 12.7. The Hall–Kier alpha value is -1.67. The summed E-state index contributed by atoms with van der Waals surface area (Å²) in [4.78, 5) is 35.0. The summed E-state index contributed by atoms with van der Waals surface area (Å²) in [6.07, 6.45) is 2.97. The van der Waals surface area contributed by atoms with Gasteiger partial charge in [0.05, 0.1) is 5.92 Å². The number of anilines is 1. The smallest absolute Gasteiger partial charge is 0.228 e. The lowest BCUT2D eigenvalue weighted by Gasteiger charge is -2.35. The van der Waals surface area contributed by atoms with Gasteiger partial charge in [-0.2, -0.15) is 0 Å². The van der Waals surface area contributed by atoms with Crippen LogP contribution < -0.4 is 4.90 Å². The Labute approximate surface area is 146 Å². The average molecular weight is 352 g/mol. The molecule has 2 aliphatic heterocycles.